The number of rotatable bonds is 2. The molecule has 2 aliphatic heterocycles. The summed E-state index contributed by atoms with van der Waals surface area (Å²) in [5.74, 6) is 1.29. The summed E-state index contributed by atoms with van der Waals surface area (Å²) in [6.45, 7) is 5.43. The number of ether oxygens (including phenoxy) is 1. The smallest absolute Gasteiger partial charge is 0.257 e. The van der Waals surface area contributed by atoms with Crippen LogP contribution in [0.4, 0.5) is 0 Å². The monoisotopic (exact) mass is 341 g/mol. The minimum atomic E-state index is -0.212. The van der Waals surface area contributed by atoms with Crippen LogP contribution in [-0.4, -0.2) is 29.8 Å². The van der Waals surface area contributed by atoms with E-state index in [0.29, 0.717) is 17.0 Å². The van der Waals surface area contributed by atoms with E-state index in [1.807, 2.05) is 24.3 Å². The maximum Gasteiger partial charge on any atom is 0.257 e. The van der Waals surface area contributed by atoms with Gasteiger partial charge in [0.25, 0.3) is 5.91 Å². The molecule has 6 heteroatoms. The van der Waals surface area contributed by atoms with Gasteiger partial charge in [-0.2, -0.15) is 0 Å². The Kier molecular flexibility index (Phi) is 4.00. The largest absolute Gasteiger partial charge is 0.487 e. The van der Waals surface area contributed by atoms with E-state index in [9.17, 15) is 4.79 Å². The van der Waals surface area contributed by atoms with E-state index in [1.165, 1.54) is 0 Å². The Labute approximate surface area is 146 Å². The summed E-state index contributed by atoms with van der Waals surface area (Å²) in [5.41, 5.74) is 1.97. The third-order valence-electron chi connectivity index (χ3n) is 5.28. The molecule has 25 heavy (non-hydrogen) atoms. The third kappa shape index (κ3) is 2.91. The molecule has 132 valence electrons. The van der Waals surface area contributed by atoms with E-state index in [2.05, 4.69) is 15.8 Å². The van der Waals surface area contributed by atoms with Crippen molar-refractivity contribution in [3.05, 3.63) is 46.8 Å². The molecule has 1 fully saturated rings. The number of fused-ring (bicyclic) bond motifs is 1. The second kappa shape index (κ2) is 6.19. The van der Waals surface area contributed by atoms with E-state index in [1.54, 1.807) is 13.8 Å². The maximum atomic E-state index is 12.8. The number of carbonyl (C=O) groups is 1. The number of aromatic nitrogens is 1. The van der Waals surface area contributed by atoms with Crippen molar-refractivity contribution in [3.63, 3.8) is 0 Å². The molecule has 1 unspecified atom stereocenters. The van der Waals surface area contributed by atoms with E-state index < -0.39 is 0 Å². The van der Waals surface area contributed by atoms with Crippen LogP contribution in [0, 0.1) is 13.8 Å². The number of carbonyl (C=O) groups excluding carboxylic acids is 1. The number of aryl methyl sites for hydroxylation is 2. The summed E-state index contributed by atoms with van der Waals surface area (Å²) in [6.07, 6.45) is 2.67. The Morgan fingerprint density at radius 3 is 2.76 bits per heavy atom. The molecule has 2 N–H and O–H groups in total. The van der Waals surface area contributed by atoms with Gasteiger partial charge >= 0.3 is 0 Å². The van der Waals surface area contributed by atoms with Gasteiger partial charge in [0, 0.05) is 12.0 Å². The zero-order valence-electron chi connectivity index (χ0n) is 14.6. The highest BCUT2D eigenvalue weighted by atomic mass is 16.5. The maximum absolute atomic E-state index is 12.8. The SMILES string of the molecule is Cc1noc(C)c1C(=O)NC1CC2(CCNCC2)Oc2ccccc21. The van der Waals surface area contributed by atoms with Crippen LogP contribution in [-0.2, 0) is 0 Å². The average molecular weight is 341 g/mol. The van der Waals surface area contributed by atoms with Crippen molar-refractivity contribution >= 4 is 5.91 Å². The topological polar surface area (TPSA) is 76.4 Å². The van der Waals surface area contributed by atoms with Gasteiger partial charge in [-0.25, -0.2) is 0 Å². The molecule has 2 aliphatic rings. The van der Waals surface area contributed by atoms with Crippen molar-refractivity contribution in [2.24, 2.45) is 0 Å². The summed E-state index contributed by atoms with van der Waals surface area (Å²) in [6, 6.07) is 7.91. The number of benzene rings is 1. The lowest BCUT2D eigenvalue weighted by atomic mass is 9.81. The van der Waals surface area contributed by atoms with Gasteiger partial charge in [0.1, 0.15) is 22.7 Å². The molecule has 1 aromatic carbocycles. The molecule has 0 saturated carbocycles. The van der Waals surface area contributed by atoms with Gasteiger partial charge in [0.2, 0.25) is 0 Å². The van der Waals surface area contributed by atoms with Crippen molar-refractivity contribution in [2.75, 3.05) is 13.1 Å². The lowest BCUT2D eigenvalue weighted by Gasteiger charge is -2.44. The second-order valence-electron chi connectivity index (χ2n) is 7.00. The fourth-order valence-electron chi connectivity index (χ4n) is 3.97. The number of amides is 1. The Morgan fingerprint density at radius 2 is 2.04 bits per heavy atom. The molecule has 1 amide bonds. The number of piperidine rings is 1. The van der Waals surface area contributed by atoms with Gasteiger partial charge in [-0.1, -0.05) is 23.4 Å². The zero-order chi connectivity index (χ0) is 17.4. The van der Waals surface area contributed by atoms with Crippen molar-refractivity contribution in [1.29, 1.82) is 0 Å². The quantitative estimate of drug-likeness (QED) is 0.878. The Hall–Kier alpha value is -2.34. The predicted molar refractivity (Wildman–Crippen MR) is 92.7 cm³/mol. The first-order chi connectivity index (χ1) is 12.1. The predicted octanol–water partition coefficient (Wildman–Crippen LogP) is 2.67. The number of nitrogens with one attached hydrogen (secondary N) is 2. The molecule has 1 saturated heterocycles. The normalized spacial score (nSPS) is 21.4. The van der Waals surface area contributed by atoms with Gasteiger partial charge in [0.15, 0.2) is 0 Å². The van der Waals surface area contributed by atoms with Gasteiger partial charge in [-0.05, 0) is 45.8 Å². The van der Waals surface area contributed by atoms with Crippen molar-refractivity contribution < 1.29 is 14.1 Å². The van der Waals surface area contributed by atoms with E-state index >= 15 is 0 Å². The van der Waals surface area contributed by atoms with Crippen molar-refractivity contribution in [2.45, 2.75) is 44.8 Å². The van der Waals surface area contributed by atoms with Crippen LogP contribution in [0.25, 0.3) is 0 Å². The van der Waals surface area contributed by atoms with Crippen LogP contribution < -0.4 is 15.4 Å². The lowest BCUT2D eigenvalue weighted by molar-refractivity contribution is 0.00364. The Bertz CT molecular complexity index is 773. The Morgan fingerprint density at radius 1 is 1.28 bits per heavy atom. The van der Waals surface area contributed by atoms with Crippen LogP contribution in [0.5, 0.6) is 5.75 Å². The van der Waals surface area contributed by atoms with Gasteiger partial charge < -0.3 is 19.9 Å². The summed E-state index contributed by atoms with van der Waals surface area (Å²) < 4.78 is 11.5. The molecule has 1 spiro atoms. The van der Waals surface area contributed by atoms with Crippen LogP contribution in [0.1, 0.15) is 52.7 Å². The number of nitrogens with zero attached hydrogens (tertiary/aromatic N) is 1. The first kappa shape index (κ1) is 16.1. The highest BCUT2D eigenvalue weighted by Gasteiger charge is 2.42. The first-order valence-electron chi connectivity index (χ1n) is 8.80. The molecule has 0 bridgehead atoms. The molecule has 1 atom stereocenters. The fraction of sp³-hybridized carbons (Fsp3) is 0.474. The first-order valence-corrected chi connectivity index (χ1v) is 8.80. The summed E-state index contributed by atoms with van der Waals surface area (Å²) in [7, 11) is 0. The summed E-state index contributed by atoms with van der Waals surface area (Å²) >= 11 is 0. The average Bonchev–Trinajstić information content (AvgIpc) is 2.94. The molecule has 1 aromatic heterocycles. The second-order valence-corrected chi connectivity index (χ2v) is 7.00. The number of hydrogen-bond donors (Lipinski definition) is 2. The van der Waals surface area contributed by atoms with Gasteiger partial charge in [-0.15, -0.1) is 0 Å². The highest BCUT2D eigenvalue weighted by Crippen LogP contribution is 2.43. The fourth-order valence-corrected chi connectivity index (χ4v) is 3.97. The molecular weight excluding hydrogens is 318 g/mol. The van der Waals surface area contributed by atoms with Crippen LogP contribution in [0.3, 0.4) is 0 Å². The zero-order valence-corrected chi connectivity index (χ0v) is 14.6. The molecule has 2 aromatic rings. The van der Waals surface area contributed by atoms with Crippen LogP contribution in [0.2, 0.25) is 0 Å². The molecular formula is C19H23N3O3. The van der Waals surface area contributed by atoms with Gasteiger partial charge in [0.05, 0.1) is 11.7 Å². The molecule has 0 aliphatic carbocycles. The van der Waals surface area contributed by atoms with E-state index in [0.717, 1.165) is 43.7 Å². The molecule has 3 heterocycles. The minimum absolute atomic E-state index is 0.0794. The standard InChI is InChI=1S/C19H23N3O3/c1-12-17(13(2)25-22-12)18(23)21-15-11-19(7-9-20-10-8-19)24-16-6-4-3-5-14(15)16/h3-6,15,20H,7-11H2,1-2H3,(H,21,23). The highest BCUT2D eigenvalue weighted by molar-refractivity contribution is 5.96. The van der Waals surface area contributed by atoms with Crippen LogP contribution in [0.15, 0.2) is 28.8 Å². The number of hydrogen-bond acceptors (Lipinski definition) is 5. The lowest BCUT2D eigenvalue weighted by Crippen LogP contribution is -2.51. The van der Waals surface area contributed by atoms with E-state index in [-0.39, 0.29) is 17.6 Å². The molecule has 6 nitrogen and oxygen atoms in total. The van der Waals surface area contributed by atoms with Crippen molar-refractivity contribution in [1.82, 2.24) is 15.8 Å². The minimum Gasteiger partial charge on any atom is -0.487 e. The van der Waals surface area contributed by atoms with Gasteiger partial charge in [-0.3, -0.25) is 4.79 Å². The summed E-state index contributed by atoms with van der Waals surface area (Å²) in [5, 5.41) is 10.5. The Balaban J connectivity index is 1.64. The van der Waals surface area contributed by atoms with Crippen molar-refractivity contribution in [3.8, 4) is 5.75 Å². The molecule has 0 radical (unpaired) electrons. The van der Waals surface area contributed by atoms with E-state index in [4.69, 9.17) is 9.26 Å². The number of para-hydroxylation sites is 1. The molecule has 4 rings (SSSR count). The third-order valence-corrected chi connectivity index (χ3v) is 5.28. The summed E-state index contributed by atoms with van der Waals surface area (Å²) in [4.78, 5) is 12.8. The van der Waals surface area contributed by atoms with Crippen LogP contribution >= 0.6 is 0 Å².